The molecule has 0 atom stereocenters. The van der Waals surface area contributed by atoms with Crippen LogP contribution in [0.15, 0.2) is 48.5 Å². The van der Waals surface area contributed by atoms with E-state index >= 15 is 0 Å². The molecule has 2 aromatic rings. The van der Waals surface area contributed by atoms with Crippen molar-refractivity contribution in [2.75, 3.05) is 11.9 Å². The molecule has 0 N–H and O–H groups in total. The molecule has 0 bridgehead atoms. The molecule has 20 heavy (non-hydrogen) atoms. The normalized spacial score (nSPS) is 10.2. The van der Waals surface area contributed by atoms with Gasteiger partial charge in [-0.1, -0.05) is 35.9 Å². The largest absolute Gasteiger partial charge is 0.310 e. The number of hydrogen-bond acceptors (Lipinski definition) is 2. The predicted octanol–water partition coefficient (Wildman–Crippen LogP) is 4.00. The second kappa shape index (κ2) is 6.07. The van der Waals surface area contributed by atoms with Crippen molar-refractivity contribution in [2.45, 2.75) is 0 Å². The van der Waals surface area contributed by atoms with E-state index in [0.29, 0.717) is 11.3 Å². The first-order valence-corrected chi connectivity index (χ1v) is 6.59. The summed E-state index contributed by atoms with van der Waals surface area (Å²) in [5.41, 5.74) is 1.15. The van der Waals surface area contributed by atoms with Gasteiger partial charge in [-0.15, -0.1) is 0 Å². The highest BCUT2D eigenvalue weighted by atomic mass is 35.5. The number of anilines is 1. The lowest BCUT2D eigenvalue weighted by Gasteiger charge is -2.19. The summed E-state index contributed by atoms with van der Waals surface area (Å²) in [6.07, 6.45) is 0. The molecular formula is C15H11Cl2NO2. The maximum absolute atomic E-state index is 12.3. The first kappa shape index (κ1) is 14.6. The standard InChI is InChI=1S/C15H11Cl2NO2/c1-18(15(20)10-6-3-2-4-7-10)12-9-5-8-11(13(12)16)14(17)19/h2-9H,1H3. The Morgan fingerprint density at radius 3 is 2.25 bits per heavy atom. The molecule has 2 aromatic carbocycles. The van der Waals surface area contributed by atoms with Gasteiger partial charge in [0.25, 0.3) is 11.1 Å². The van der Waals surface area contributed by atoms with Crippen LogP contribution in [-0.2, 0) is 0 Å². The second-order valence-electron chi connectivity index (χ2n) is 4.14. The summed E-state index contributed by atoms with van der Waals surface area (Å²) in [5.74, 6) is -0.216. The van der Waals surface area contributed by atoms with E-state index in [1.807, 2.05) is 6.07 Å². The summed E-state index contributed by atoms with van der Waals surface area (Å²) in [5, 5.41) is -0.489. The molecule has 0 saturated heterocycles. The molecule has 0 heterocycles. The molecule has 0 saturated carbocycles. The zero-order chi connectivity index (χ0) is 14.7. The van der Waals surface area contributed by atoms with Gasteiger partial charge < -0.3 is 4.90 Å². The number of carbonyl (C=O) groups is 2. The molecule has 3 nitrogen and oxygen atoms in total. The van der Waals surface area contributed by atoms with Crippen molar-refractivity contribution in [1.82, 2.24) is 0 Å². The smallest absolute Gasteiger partial charge is 0.258 e. The molecule has 5 heteroatoms. The molecule has 0 aliphatic rings. The number of halogens is 2. The van der Waals surface area contributed by atoms with Crippen LogP contribution in [0.5, 0.6) is 0 Å². The van der Waals surface area contributed by atoms with Crippen LogP contribution in [-0.4, -0.2) is 18.2 Å². The quantitative estimate of drug-likeness (QED) is 0.804. The van der Waals surface area contributed by atoms with Crippen LogP contribution >= 0.6 is 23.2 Å². The van der Waals surface area contributed by atoms with Gasteiger partial charge in [0.2, 0.25) is 0 Å². The fraction of sp³-hybridized carbons (Fsp3) is 0.0667. The molecular weight excluding hydrogens is 297 g/mol. The Labute approximate surface area is 126 Å². The second-order valence-corrected chi connectivity index (χ2v) is 4.86. The summed E-state index contributed by atoms with van der Waals surface area (Å²) in [4.78, 5) is 25.0. The fourth-order valence-corrected chi connectivity index (χ4v) is 2.36. The van der Waals surface area contributed by atoms with E-state index in [2.05, 4.69) is 0 Å². The lowest BCUT2D eigenvalue weighted by atomic mass is 10.1. The Kier molecular flexibility index (Phi) is 4.42. The lowest BCUT2D eigenvalue weighted by Crippen LogP contribution is -2.26. The first-order chi connectivity index (χ1) is 9.52. The highest BCUT2D eigenvalue weighted by molar-refractivity contribution is 6.69. The van der Waals surface area contributed by atoms with Gasteiger partial charge in [-0.25, -0.2) is 0 Å². The molecule has 0 aromatic heterocycles. The van der Waals surface area contributed by atoms with Crippen molar-refractivity contribution in [3.05, 3.63) is 64.7 Å². The molecule has 0 unspecified atom stereocenters. The minimum atomic E-state index is -0.655. The molecule has 1 amide bonds. The van der Waals surface area contributed by atoms with Crippen LogP contribution in [0, 0.1) is 0 Å². The molecule has 0 spiro atoms. The van der Waals surface area contributed by atoms with Crippen LogP contribution in [0.25, 0.3) is 0 Å². The predicted molar refractivity (Wildman–Crippen MR) is 80.8 cm³/mol. The van der Waals surface area contributed by atoms with E-state index < -0.39 is 5.24 Å². The highest BCUT2D eigenvalue weighted by Crippen LogP contribution is 2.30. The zero-order valence-corrected chi connectivity index (χ0v) is 12.2. The summed E-state index contributed by atoms with van der Waals surface area (Å²) in [6, 6.07) is 13.6. The van der Waals surface area contributed by atoms with Crippen molar-refractivity contribution in [3.8, 4) is 0 Å². The van der Waals surface area contributed by atoms with E-state index in [9.17, 15) is 9.59 Å². The monoisotopic (exact) mass is 307 g/mol. The molecule has 0 aliphatic carbocycles. The topological polar surface area (TPSA) is 37.4 Å². The third-order valence-corrected chi connectivity index (χ3v) is 3.48. The number of carbonyl (C=O) groups excluding carboxylic acids is 2. The van der Waals surface area contributed by atoms with Gasteiger partial charge in [-0.2, -0.15) is 0 Å². The van der Waals surface area contributed by atoms with E-state index in [1.54, 1.807) is 43.4 Å². The van der Waals surface area contributed by atoms with Gasteiger partial charge in [0, 0.05) is 12.6 Å². The first-order valence-electron chi connectivity index (χ1n) is 5.84. The Hall–Kier alpha value is -1.84. The Morgan fingerprint density at radius 2 is 1.65 bits per heavy atom. The maximum Gasteiger partial charge on any atom is 0.258 e. The Morgan fingerprint density at radius 1 is 1.00 bits per heavy atom. The maximum atomic E-state index is 12.3. The lowest BCUT2D eigenvalue weighted by molar-refractivity contribution is 0.0991. The molecule has 0 radical (unpaired) electrons. The van der Waals surface area contributed by atoms with Crippen molar-refractivity contribution in [1.29, 1.82) is 0 Å². The van der Waals surface area contributed by atoms with Crippen LogP contribution in [0.2, 0.25) is 5.02 Å². The average molecular weight is 308 g/mol. The van der Waals surface area contributed by atoms with E-state index in [4.69, 9.17) is 23.2 Å². The summed E-state index contributed by atoms with van der Waals surface area (Å²) < 4.78 is 0. The molecule has 2 rings (SSSR count). The van der Waals surface area contributed by atoms with Gasteiger partial charge in [0.1, 0.15) is 0 Å². The number of rotatable bonds is 3. The van der Waals surface area contributed by atoms with Gasteiger partial charge >= 0.3 is 0 Å². The number of hydrogen-bond donors (Lipinski definition) is 0. The van der Waals surface area contributed by atoms with Gasteiger partial charge in [0.15, 0.2) is 0 Å². The average Bonchev–Trinajstić information content (AvgIpc) is 2.46. The van der Waals surface area contributed by atoms with Crippen molar-refractivity contribution < 1.29 is 9.59 Å². The van der Waals surface area contributed by atoms with E-state index in [0.717, 1.165) is 0 Å². The minimum Gasteiger partial charge on any atom is -0.310 e. The van der Waals surface area contributed by atoms with Crippen LogP contribution in [0.4, 0.5) is 5.69 Å². The third kappa shape index (κ3) is 2.84. The molecule has 0 aliphatic heterocycles. The SMILES string of the molecule is CN(C(=O)c1ccccc1)c1cccc(C(=O)Cl)c1Cl. The Bertz CT molecular complexity index is 656. The minimum absolute atomic E-state index is 0.166. The number of nitrogens with zero attached hydrogens (tertiary/aromatic N) is 1. The third-order valence-electron chi connectivity index (χ3n) is 2.88. The summed E-state index contributed by atoms with van der Waals surface area (Å²) >= 11 is 11.6. The number of benzene rings is 2. The van der Waals surface area contributed by atoms with Gasteiger partial charge in [-0.05, 0) is 35.9 Å². The van der Waals surface area contributed by atoms with E-state index in [-0.39, 0.29) is 16.5 Å². The molecule has 102 valence electrons. The van der Waals surface area contributed by atoms with Crippen LogP contribution in [0.1, 0.15) is 20.7 Å². The fourth-order valence-electron chi connectivity index (χ4n) is 1.81. The van der Waals surface area contributed by atoms with Crippen molar-refractivity contribution in [2.24, 2.45) is 0 Å². The van der Waals surface area contributed by atoms with Gasteiger partial charge in [-0.3, -0.25) is 9.59 Å². The highest BCUT2D eigenvalue weighted by Gasteiger charge is 2.19. The zero-order valence-electron chi connectivity index (χ0n) is 10.6. The van der Waals surface area contributed by atoms with Crippen molar-refractivity contribution in [3.63, 3.8) is 0 Å². The van der Waals surface area contributed by atoms with Crippen LogP contribution in [0.3, 0.4) is 0 Å². The van der Waals surface area contributed by atoms with Crippen LogP contribution < -0.4 is 4.90 Å². The molecule has 0 fully saturated rings. The summed E-state index contributed by atoms with van der Waals surface area (Å²) in [7, 11) is 1.60. The number of amides is 1. The summed E-state index contributed by atoms with van der Waals surface area (Å²) in [6.45, 7) is 0. The van der Waals surface area contributed by atoms with Crippen molar-refractivity contribution >= 4 is 40.0 Å². The Balaban J connectivity index is 2.39. The van der Waals surface area contributed by atoms with E-state index in [1.165, 1.54) is 11.0 Å². The van der Waals surface area contributed by atoms with Gasteiger partial charge in [0.05, 0.1) is 16.3 Å².